The molecule has 3 N–H and O–H groups in total. The molecule has 4 heteroatoms. The second-order valence-electron chi connectivity index (χ2n) is 3.97. The average Bonchev–Trinajstić information content (AvgIpc) is 2.31. The minimum atomic E-state index is -0.411. The molecule has 1 saturated heterocycles. The van der Waals surface area contributed by atoms with Gasteiger partial charge in [0.2, 0.25) is 5.91 Å². The van der Waals surface area contributed by atoms with Crippen molar-refractivity contribution in [3.8, 4) is 5.75 Å². The van der Waals surface area contributed by atoms with Crippen LogP contribution in [0.3, 0.4) is 0 Å². The summed E-state index contributed by atoms with van der Waals surface area (Å²) >= 11 is 0. The summed E-state index contributed by atoms with van der Waals surface area (Å²) in [5.74, 6) is 0.379. The molecule has 0 radical (unpaired) electrons. The molecule has 16 heavy (non-hydrogen) atoms. The normalized spacial score (nSPS) is 20.4. The van der Waals surface area contributed by atoms with Crippen LogP contribution in [0, 0.1) is 0 Å². The van der Waals surface area contributed by atoms with E-state index in [0.717, 1.165) is 31.7 Å². The molecule has 1 aliphatic heterocycles. The Bertz CT molecular complexity index is 356. The molecule has 1 heterocycles. The minimum absolute atomic E-state index is 0.230. The predicted molar refractivity (Wildman–Crippen MR) is 61.5 cm³/mol. The molecule has 1 aromatic carbocycles. The van der Waals surface area contributed by atoms with Crippen molar-refractivity contribution in [2.75, 3.05) is 13.1 Å². The number of piperidine rings is 1. The lowest BCUT2D eigenvalue weighted by Gasteiger charge is -2.23. The van der Waals surface area contributed by atoms with Crippen LogP contribution in [0.5, 0.6) is 5.75 Å². The van der Waals surface area contributed by atoms with Gasteiger partial charge < -0.3 is 15.8 Å². The van der Waals surface area contributed by atoms with E-state index in [1.807, 2.05) is 0 Å². The van der Waals surface area contributed by atoms with Crippen LogP contribution >= 0.6 is 0 Å². The molecule has 86 valence electrons. The van der Waals surface area contributed by atoms with Gasteiger partial charge in [-0.2, -0.15) is 0 Å². The molecule has 0 aliphatic carbocycles. The van der Waals surface area contributed by atoms with Gasteiger partial charge in [0.15, 0.2) is 0 Å². The van der Waals surface area contributed by atoms with Crippen LogP contribution in [-0.2, 0) is 0 Å². The van der Waals surface area contributed by atoms with Gasteiger partial charge >= 0.3 is 0 Å². The van der Waals surface area contributed by atoms with Crippen molar-refractivity contribution in [2.24, 2.45) is 5.73 Å². The SMILES string of the molecule is NC(=O)c1ccc(O[C@@H]2CCCNC2)cc1. The maximum atomic E-state index is 10.9. The van der Waals surface area contributed by atoms with Crippen LogP contribution < -0.4 is 15.8 Å². The first kappa shape index (κ1) is 11.0. The predicted octanol–water partition coefficient (Wildman–Crippen LogP) is 0.916. The molecule has 2 rings (SSSR count). The maximum Gasteiger partial charge on any atom is 0.248 e. The summed E-state index contributed by atoms with van der Waals surface area (Å²) in [5.41, 5.74) is 5.67. The fourth-order valence-electron chi connectivity index (χ4n) is 1.81. The van der Waals surface area contributed by atoms with Crippen LogP contribution in [0.4, 0.5) is 0 Å². The Morgan fingerprint density at radius 2 is 2.12 bits per heavy atom. The zero-order chi connectivity index (χ0) is 11.4. The van der Waals surface area contributed by atoms with Crippen molar-refractivity contribution in [3.05, 3.63) is 29.8 Å². The summed E-state index contributed by atoms with van der Waals surface area (Å²) < 4.78 is 5.78. The standard InChI is InChI=1S/C12H16N2O2/c13-12(15)9-3-5-10(6-4-9)16-11-2-1-7-14-8-11/h3-6,11,14H,1-2,7-8H2,(H2,13,15)/t11-/m1/s1. The summed E-state index contributed by atoms with van der Waals surface area (Å²) in [5, 5.41) is 3.29. The third-order valence-electron chi connectivity index (χ3n) is 2.69. The number of rotatable bonds is 3. The van der Waals surface area contributed by atoms with Crippen LogP contribution in [0.1, 0.15) is 23.2 Å². The molecular weight excluding hydrogens is 204 g/mol. The molecule has 0 aromatic heterocycles. The molecule has 0 unspecified atom stereocenters. The zero-order valence-electron chi connectivity index (χ0n) is 9.11. The topological polar surface area (TPSA) is 64.4 Å². The smallest absolute Gasteiger partial charge is 0.248 e. The fourth-order valence-corrected chi connectivity index (χ4v) is 1.81. The first-order valence-corrected chi connectivity index (χ1v) is 5.53. The van der Waals surface area contributed by atoms with E-state index in [4.69, 9.17) is 10.5 Å². The Morgan fingerprint density at radius 3 is 2.69 bits per heavy atom. The van der Waals surface area contributed by atoms with Crippen molar-refractivity contribution in [2.45, 2.75) is 18.9 Å². The Kier molecular flexibility index (Phi) is 3.41. The lowest BCUT2D eigenvalue weighted by molar-refractivity contribution is 0.1000. The number of nitrogens with one attached hydrogen (secondary N) is 1. The second kappa shape index (κ2) is 4.99. The monoisotopic (exact) mass is 220 g/mol. The quantitative estimate of drug-likeness (QED) is 0.796. The molecule has 1 aromatic rings. The highest BCUT2D eigenvalue weighted by atomic mass is 16.5. The number of amides is 1. The van der Waals surface area contributed by atoms with Gasteiger partial charge in [-0.05, 0) is 43.7 Å². The third kappa shape index (κ3) is 2.73. The van der Waals surface area contributed by atoms with Crippen molar-refractivity contribution in [3.63, 3.8) is 0 Å². The van der Waals surface area contributed by atoms with Gasteiger partial charge in [-0.25, -0.2) is 0 Å². The number of ether oxygens (including phenoxy) is 1. The van der Waals surface area contributed by atoms with E-state index in [0.29, 0.717) is 5.56 Å². The largest absolute Gasteiger partial charge is 0.489 e. The molecule has 4 nitrogen and oxygen atoms in total. The number of nitrogens with two attached hydrogens (primary N) is 1. The van der Waals surface area contributed by atoms with Gasteiger partial charge in [0, 0.05) is 12.1 Å². The molecule has 1 atom stereocenters. The summed E-state index contributed by atoms with van der Waals surface area (Å²) in [6, 6.07) is 6.95. The number of primary amides is 1. The van der Waals surface area contributed by atoms with E-state index in [2.05, 4.69) is 5.32 Å². The van der Waals surface area contributed by atoms with Gasteiger partial charge in [-0.3, -0.25) is 4.79 Å². The lowest BCUT2D eigenvalue weighted by atomic mass is 10.1. The van der Waals surface area contributed by atoms with Crippen LogP contribution in [0.25, 0.3) is 0 Å². The zero-order valence-corrected chi connectivity index (χ0v) is 9.11. The summed E-state index contributed by atoms with van der Waals surface area (Å²) in [4.78, 5) is 10.9. The van der Waals surface area contributed by atoms with Gasteiger partial charge in [-0.15, -0.1) is 0 Å². The number of benzene rings is 1. The first-order valence-electron chi connectivity index (χ1n) is 5.53. The van der Waals surface area contributed by atoms with Gasteiger partial charge in [0.05, 0.1) is 0 Å². The number of hydrogen-bond acceptors (Lipinski definition) is 3. The van der Waals surface area contributed by atoms with E-state index in [-0.39, 0.29) is 6.10 Å². The number of hydrogen-bond donors (Lipinski definition) is 2. The third-order valence-corrected chi connectivity index (χ3v) is 2.69. The number of carbonyl (C=O) groups excluding carboxylic acids is 1. The van der Waals surface area contributed by atoms with Gasteiger partial charge in [0.1, 0.15) is 11.9 Å². The Labute approximate surface area is 94.8 Å². The molecule has 0 spiro atoms. The lowest BCUT2D eigenvalue weighted by Crippen LogP contribution is -2.37. The highest BCUT2D eigenvalue weighted by Crippen LogP contribution is 2.16. The molecule has 0 saturated carbocycles. The van der Waals surface area contributed by atoms with Crippen molar-refractivity contribution >= 4 is 5.91 Å². The molecule has 0 bridgehead atoms. The fraction of sp³-hybridized carbons (Fsp3) is 0.417. The van der Waals surface area contributed by atoms with Gasteiger partial charge in [-0.1, -0.05) is 0 Å². The van der Waals surface area contributed by atoms with E-state index in [9.17, 15) is 4.79 Å². The van der Waals surface area contributed by atoms with E-state index < -0.39 is 5.91 Å². The molecular formula is C12H16N2O2. The van der Waals surface area contributed by atoms with E-state index in [1.165, 1.54) is 0 Å². The van der Waals surface area contributed by atoms with Crippen molar-refractivity contribution in [1.29, 1.82) is 0 Å². The van der Waals surface area contributed by atoms with Crippen molar-refractivity contribution < 1.29 is 9.53 Å². The first-order chi connectivity index (χ1) is 7.75. The molecule has 1 fully saturated rings. The highest BCUT2D eigenvalue weighted by Gasteiger charge is 2.14. The summed E-state index contributed by atoms with van der Waals surface area (Å²) in [6.07, 6.45) is 2.45. The highest BCUT2D eigenvalue weighted by molar-refractivity contribution is 5.92. The Balaban J connectivity index is 1.96. The van der Waals surface area contributed by atoms with Crippen LogP contribution in [0.2, 0.25) is 0 Å². The second-order valence-corrected chi connectivity index (χ2v) is 3.97. The number of carbonyl (C=O) groups is 1. The molecule has 1 amide bonds. The molecule has 1 aliphatic rings. The average molecular weight is 220 g/mol. The summed E-state index contributed by atoms with van der Waals surface area (Å²) in [7, 11) is 0. The van der Waals surface area contributed by atoms with Crippen molar-refractivity contribution in [1.82, 2.24) is 5.32 Å². The van der Waals surface area contributed by atoms with E-state index >= 15 is 0 Å². The minimum Gasteiger partial charge on any atom is -0.489 e. The Morgan fingerprint density at radius 1 is 1.38 bits per heavy atom. The van der Waals surface area contributed by atoms with Crippen LogP contribution in [0.15, 0.2) is 24.3 Å². The van der Waals surface area contributed by atoms with Gasteiger partial charge in [0.25, 0.3) is 0 Å². The maximum absolute atomic E-state index is 10.9. The van der Waals surface area contributed by atoms with Crippen LogP contribution in [-0.4, -0.2) is 25.1 Å². The van der Waals surface area contributed by atoms with E-state index in [1.54, 1.807) is 24.3 Å². The summed E-state index contributed by atoms with van der Waals surface area (Å²) in [6.45, 7) is 1.96. The Hall–Kier alpha value is -1.55.